The van der Waals surface area contributed by atoms with Crippen LogP contribution in [-0.4, -0.2) is 17.6 Å². The van der Waals surface area contributed by atoms with Gasteiger partial charge in [-0.1, -0.05) is 29.8 Å². The highest BCUT2D eigenvalue weighted by atomic mass is 35.5. The predicted octanol–water partition coefficient (Wildman–Crippen LogP) is 3.71. The molecule has 0 aliphatic rings. The smallest absolute Gasteiger partial charge is 0.258 e. The van der Waals surface area contributed by atoms with Crippen LogP contribution in [0.2, 0.25) is 5.02 Å². The molecule has 2 aromatic rings. The molecule has 2 aromatic carbocycles. The van der Waals surface area contributed by atoms with Gasteiger partial charge in [-0.2, -0.15) is 0 Å². The van der Waals surface area contributed by atoms with Crippen LogP contribution in [0.15, 0.2) is 48.5 Å². The van der Waals surface area contributed by atoms with Gasteiger partial charge in [-0.25, -0.2) is 0 Å². The molecule has 0 aliphatic heterocycles. The first-order valence-corrected chi connectivity index (χ1v) is 6.36. The van der Waals surface area contributed by atoms with Crippen molar-refractivity contribution in [1.82, 2.24) is 0 Å². The van der Waals surface area contributed by atoms with Crippen LogP contribution in [0.4, 0.5) is 5.69 Å². The van der Waals surface area contributed by atoms with Gasteiger partial charge < -0.3 is 10.0 Å². The molecular formula is C15H14ClNO2. The Morgan fingerprint density at radius 1 is 1.21 bits per heavy atom. The van der Waals surface area contributed by atoms with Gasteiger partial charge in [-0.15, -0.1) is 0 Å². The van der Waals surface area contributed by atoms with Crippen molar-refractivity contribution in [2.24, 2.45) is 0 Å². The van der Waals surface area contributed by atoms with Crippen molar-refractivity contribution in [1.29, 1.82) is 0 Å². The predicted molar refractivity (Wildman–Crippen MR) is 76.9 cm³/mol. The molecule has 0 saturated heterocycles. The van der Waals surface area contributed by atoms with E-state index >= 15 is 0 Å². The van der Waals surface area contributed by atoms with Crippen molar-refractivity contribution in [3.8, 4) is 5.75 Å². The van der Waals surface area contributed by atoms with Crippen molar-refractivity contribution < 1.29 is 9.90 Å². The number of para-hydroxylation sites is 1. The maximum Gasteiger partial charge on any atom is 0.258 e. The van der Waals surface area contributed by atoms with E-state index < -0.39 is 0 Å². The first kappa shape index (κ1) is 13.4. The van der Waals surface area contributed by atoms with Crippen LogP contribution in [0.3, 0.4) is 0 Å². The minimum Gasteiger partial charge on any atom is -0.506 e. The van der Waals surface area contributed by atoms with Gasteiger partial charge in [-0.3, -0.25) is 4.79 Å². The van der Waals surface area contributed by atoms with E-state index in [1.54, 1.807) is 11.0 Å². The maximum atomic E-state index is 12.4. The number of phenols is 1. The first-order chi connectivity index (χ1) is 9.13. The largest absolute Gasteiger partial charge is 0.506 e. The van der Waals surface area contributed by atoms with E-state index in [1.807, 2.05) is 37.3 Å². The number of carbonyl (C=O) groups is 1. The third kappa shape index (κ3) is 2.88. The molecule has 0 radical (unpaired) electrons. The molecule has 4 heteroatoms. The Labute approximate surface area is 117 Å². The van der Waals surface area contributed by atoms with E-state index in [0.717, 1.165) is 5.69 Å². The molecule has 19 heavy (non-hydrogen) atoms. The summed E-state index contributed by atoms with van der Waals surface area (Å²) in [5.74, 6) is -0.170. The number of anilines is 1. The van der Waals surface area contributed by atoms with Gasteiger partial charge in [0.1, 0.15) is 5.75 Å². The second-order valence-electron chi connectivity index (χ2n) is 4.05. The Bertz CT molecular complexity index is 584. The number of benzene rings is 2. The van der Waals surface area contributed by atoms with Gasteiger partial charge in [0.25, 0.3) is 5.91 Å². The van der Waals surface area contributed by atoms with Gasteiger partial charge in [-0.05, 0) is 37.3 Å². The SMILES string of the molecule is CCN(C(=O)c1ccc(O)c(Cl)c1)c1ccccc1. The lowest BCUT2D eigenvalue weighted by molar-refractivity contribution is 0.0988. The maximum absolute atomic E-state index is 12.4. The number of amides is 1. The molecule has 3 nitrogen and oxygen atoms in total. The van der Waals surface area contributed by atoms with E-state index in [0.29, 0.717) is 12.1 Å². The molecule has 0 unspecified atom stereocenters. The summed E-state index contributed by atoms with van der Waals surface area (Å²) in [6.45, 7) is 2.47. The zero-order valence-electron chi connectivity index (χ0n) is 10.5. The summed E-state index contributed by atoms with van der Waals surface area (Å²) >= 11 is 5.83. The molecule has 1 amide bonds. The fraction of sp³-hybridized carbons (Fsp3) is 0.133. The summed E-state index contributed by atoms with van der Waals surface area (Å²) in [7, 11) is 0. The van der Waals surface area contributed by atoms with Crippen molar-refractivity contribution in [2.45, 2.75) is 6.92 Å². The zero-order chi connectivity index (χ0) is 13.8. The average Bonchev–Trinajstić information content (AvgIpc) is 2.44. The fourth-order valence-electron chi connectivity index (χ4n) is 1.85. The highest BCUT2D eigenvalue weighted by Gasteiger charge is 2.16. The van der Waals surface area contributed by atoms with Gasteiger partial charge in [0, 0.05) is 17.8 Å². The number of rotatable bonds is 3. The second-order valence-corrected chi connectivity index (χ2v) is 4.46. The molecular weight excluding hydrogens is 262 g/mol. The number of hydrogen-bond acceptors (Lipinski definition) is 2. The number of nitrogens with zero attached hydrogens (tertiary/aromatic N) is 1. The summed E-state index contributed by atoms with van der Waals surface area (Å²) in [6.07, 6.45) is 0. The lowest BCUT2D eigenvalue weighted by Crippen LogP contribution is -2.30. The van der Waals surface area contributed by atoms with E-state index in [-0.39, 0.29) is 16.7 Å². The molecule has 0 spiro atoms. The van der Waals surface area contributed by atoms with E-state index in [2.05, 4.69) is 0 Å². The van der Waals surface area contributed by atoms with Crippen molar-refractivity contribution >= 4 is 23.2 Å². The molecule has 0 aliphatic carbocycles. The second kappa shape index (κ2) is 5.76. The van der Waals surface area contributed by atoms with E-state index in [1.165, 1.54) is 12.1 Å². The Balaban J connectivity index is 2.33. The number of hydrogen-bond donors (Lipinski definition) is 1. The molecule has 0 aromatic heterocycles. The van der Waals surface area contributed by atoms with Crippen LogP contribution < -0.4 is 4.90 Å². The first-order valence-electron chi connectivity index (χ1n) is 5.99. The van der Waals surface area contributed by atoms with Crippen LogP contribution in [-0.2, 0) is 0 Å². The molecule has 98 valence electrons. The van der Waals surface area contributed by atoms with E-state index in [4.69, 9.17) is 11.6 Å². The number of carbonyl (C=O) groups excluding carboxylic acids is 1. The third-order valence-corrected chi connectivity index (χ3v) is 3.13. The van der Waals surface area contributed by atoms with Crippen LogP contribution >= 0.6 is 11.6 Å². The van der Waals surface area contributed by atoms with Gasteiger partial charge in [0.2, 0.25) is 0 Å². The fourth-order valence-corrected chi connectivity index (χ4v) is 2.03. The average molecular weight is 276 g/mol. The monoisotopic (exact) mass is 275 g/mol. The Kier molecular flexibility index (Phi) is 4.07. The highest BCUT2D eigenvalue weighted by Crippen LogP contribution is 2.25. The summed E-state index contributed by atoms with van der Waals surface area (Å²) in [6, 6.07) is 13.9. The molecule has 0 bridgehead atoms. The summed E-state index contributed by atoms with van der Waals surface area (Å²) in [4.78, 5) is 14.1. The quantitative estimate of drug-likeness (QED) is 0.928. The number of halogens is 1. The lowest BCUT2D eigenvalue weighted by Gasteiger charge is -2.21. The van der Waals surface area contributed by atoms with Gasteiger partial charge >= 0.3 is 0 Å². The Morgan fingerprint density at radius 2 is 1.89 bits per heavy atom. The minimum atomic E-state index is -0.143. The van der Waals surface area contributed by atoms with Gasteiger partial charge in [0.15, 0.2) is 0 Å². The molecule has 0 saturated carbocycles. The van der Waals surface area contributed by atoms with Crippen LogP contribution in [0, 0.1) is 0 Å². The zero-order valence-corrected chi connectivity index (χ0v) is 11.3. The normalized spacial score (nSPS) is 10.2. The standard InChI is InChI=1S/C15H14ClNO2/c1-2-17(12-6-4-3-5-7-12)15(19)11-8-9-14(18)13(16)10-11/h3-10,18H,2H2,1H3. The van der Waals surface area contributed by atoms with Crippen LogP contribution in [0.1, 0.15) is 17.3 Å². The van der Waals surface area contributed by atoms with Crippen molar-refractivity contribution in [3.05, 3.63) is 59.1 Å². The summed E-state index contributed by atoms with van der Waals surface area (Å²) < 4.78 is 0. The minimum absolute atomic E-state index is 0.0269. The highest BCUT2D eigenvalue weighted by molar-refractivity contribution is 6.32. The Hall–Kier alpha value is -2.00. The Morgan fingerprint density at radius 3 is 2.47 bits per heavy atom. The third-order valence-electron chi connectivity index (χ3n) is 2.82. The van der Waals surface area contributed by atoms with Crippen LogP contribution in [0.5, 0.6) is 5.75 Å². The molecule has 0 atom stereocenters. The number of phenolic OH excluding ortho intramolecular Hbond substituents is 1. The van der Waals surface area contributed by atoms with Crippen molar-refractivity contribution in [2.75, 3.05) is 11.4 Å². The van der Waals surface area contributed by atoms with Gasteiger partial charge in [0.05, 0.1) is 5.02 Å². The number of aromatic hydroxyl groups is 1. The van der Waals surface area contributed by atoms with Crippen molar-refractivity contribution in [3.63, 3.8) is 0 Å². The lowest BCUT2D eigenvalue weighted by atomic mass is 10.1. The molecule has 2 rings (SSSR count). The summed E-state index contributed by atoms with van der Waals surface area (Å²) in [5, 5.41) is 9.56. The molecule has 0 heterocycles. The molecule has 1 N–H and O–H groups in total. The van der Waals surface area contributed by atoms with E-state index in [9.17, 15) is 9.90 Å². The summed E-state index contributed by atoms with van der Waals surface area (Å²) in [5.41, 5.74) is 1.28. The molecule has 0 fully saturated rings. The van der Waals surface area contributed by atoms with Crippen LogP contribution in [0.25, 0.3) is 0 Å². The topological polar surface area (TPSA) is 40.5 Å².